The Morgan fingerprint density at radius 3 is 2.60 bits per heavy atom. The van der Waals surface area contributed by atoms with Gasteiger partial charge in [-0.3, -0.25) is 0 Å². The van der Waals surface area contributed by atoms with Crippen molar-refractivity contribution in [1.82, 2.24) is 0 Å². The molecule has 0 aliphatic heterocycles. The molecule has 0 amide bonds. The van der Waals surface area contributed by atoms with E-state index in [0.717, 1.165) is 16.7 Å². The molecule has 3 rings (SSSR count). The lowest BCUT2D eigenvalue weighted by Gasteiger charge is -2.28. The van der Waals surface area contributed by atoms with E-state index in [-0.39, 0.29) is 5.82 Å². The fraction of sp³-hybridized carbons (Fsp3) is 0.474. The average molecular weight is 270 g/mol. The normalized spacial score (nSPS) is 23.1. The lowest BCUT2D eigenvalue weighted by atomic mass is 9.77. The van der Waals surface area contributed by atoms with Crippen molar-refractivity contribution in [2.45, 2.75) is 51.4 Å². The fourth-order valence-corrected chi connectivity index (χ4v) is 3.71. The maximum absolute atomic E-state index is 13.7. The standard InChI is InChI=1S/C19H23F/c1-2-4-14-7-9-15(10-8-14)16-11-12-18-17(13-16)5-3-6-19(18)20/h3,5-6,11-15H,2,4,7-10H2,1H3. The van der Waals surface area contributed by atoms with Crippen molar-refractivity contribution in [2.24, 2.45) is 5.92 Å². The largest absolute Gasteiger partial charge is 0.206 e. The zero-order chi connectivity index (χ0) is 13.9. The molecule has 0 unspecified atom stereocenters. The zero-order valence-electron chi connectivity index (χ0n) is 12.2. The van der Waals surface area contributed by atoms with Crippen LogP contribution in [0.2, 0.25) is 0 Å². The Morgan fingerprint density at radius 2 is 1.85 bits per heavy atom. The van der Waals surface area contributed by atoms with Gasteiger partial charge in [0, 0.05) is 5.39 Å². The van der Waals surface area contributed by atoms with Crippen LogP contribution < -0.4 is 0 Å². The van der Waals surface area contributed by atoms with Crippen LogP contribution >= 0.6 is 0 Å². The van der Waals surface area contributed by atoms with Gasteiger partial charge in [0.2, 0.25) is 0 Å². The highest BCUT2D eigenvalue weighted by atomic mass is 19.1. The number of hydrogen-bond acceptors (Lipinski definition) is 0. The van der Waals surface area contributed by atoms with Crippen molar-refractivity contribution < 1.29 is 4.39 Å². The summed E-state index contributed by atoms with van der Waals surface area (Å²) in [6.45, 7) is 2.28. The molecule has 1 heteroatoms. The molecule has 1 saturated carbocycles. The fourth-order valence-electron chi connectivity index (χ4n) is 3.71. The SMILES string of the molecule is CCCC1CCC(c2ccc3c(F)cccc3c2)CC1. The van der Waals surface area contributed by atoms with Crippen LogP contribution in [0.25, 0.3) is 10.8 Å². The van der Waals surface area contributed by atoms with Crippen molar-refractivity contribution in [3.8, 4) is 0 Å². The van der Waals surface area contributed by atoms with E-state index in [4.69, 9.17) is 0 Å². The molecule has 1 aliphatic carbocycles. The summed E-state index contributed by atoms with van der Waals surface area (Å²) in [5.74, 6) is 1.51. The van der Waals surface area contributed by atoms with E-state index in [1.807, 2.05) is 12.1 Å². The van der Waals surface area contributed by atoms with Crippen LogP contribution in [0.5, 0.6) is 0 Å². The minimum atomic E-state index is -0.110. The Hall–Kier alpha value is -1.37. The molecule has 1 fully saturated rings. The highest BCUT2D eigenvalue weighted by Crippen LogP contribution is 2.38. The van der Waals surface area contributed by atoms with E-state index in [1.165, 1.54) is 50.2 Å². The first-order chi connectivity index (χ1) is 9.78. The van der Waals surface area contributed by atoms with Crippen molar-refractivity contribution in [2.75, 3.05) is 0 Å². The van der Waals surface area contributed by atoms with Crippen LogP contribution in [0.4, 0.5) is 4.39 Å². The highest BCUT2D eigenvalue weighted by molar-refractivity contribution is 5.83. The monoisotopic (exact) mass is 270 g/mol. The topological polar surface area (TPSA) is 0 Å². The molecule has 1 aliphatic rings. The van der Waals surface area contributed by atoms with Gasteiger partial charge in [-0.15, -0.1) is 0 Å². The molecule has 0 bridgehead atoms. The molecule has 106 valence electrons. The van der Waals surface area contributed by atoms with E-state index < -0.39 is 0 Å². The van der Waals surface area contributed by atoms with Crippen molar-refractivity contribution in [1.29, 1.82) is 0 Å². The number of benzene rings is 2. The number of hydrogen-bond donors (Lipinski definition) is 0. The Bertz CT molecular complexity index is 579. The summed E-state index contributed by atoms with van der Waals surface area (Å²) in [6.07, 6.45) is 8.01. The summed E-state index contributed by atoms with van der Waals surface area (Å²) in [6, 6.07) is 11.7. The average Bonchev–Trinajstić information content (AvgIpc) is 2.48. The van der Waals surface area contributed by atoms with Crippen LogP contribution in [0, 0.1) is 11.7 Å². The number of rotatable bonds is 3. The van der Waals surface area contributed by atoms with Gasteiger partial charge in [0.15, 0.2) is 0 Å². The molecule has 0 radical (unpaired) electrons. The zero-order valence-corrected chi connectivity index (χ0v) is 12.2. The maximum Gasteiger partial charge on any atom is 0.131 e. The molecular weight excluding hydrogens is 247 g/mol. The van der Waals surface area contributed by atoms with Crippen LogP contribution in [-0.4, -0.2) is 0 Å². The molecule has 0 atom stereocenters. The van der Waals surface area contributed by atoms with E-state index in [0.29, 0.717) is 5.92 Å². The highest BCUT2D eigenvalue weighted by Gasteiger charge is 2.21. The van der Waals surface area contributed by atoms with Crippen LogP contribution in [0.15, 0.2) is 36.4 Å². The minimum absolute atomic E-state index is 0.110. The molecule has 2 aromatic carbocycles. The summed E-state index contributed by atoms with van der Waals surface area (Å²) in [5.41, 5.74) is 1.40. The van der Waals surface area contributed by atoms with Crippen LogP contribution in [0.1, 0.15) is 56.9 Å². The first kappa shape index (κ1) is 13.6. The van der Waals surface area contributed by atoms with E-state index in [9.17, 15) is 4.39 Å². The molecule has 20 heavy (non-hydrogen) atoms. The lowest BCUT2D eigenvalue weighted by Crippen LogP contribution is -2.13. The summed E-state index contributed by atoms with van der Waals surface area (Å²) in [4.78, 5) is 0. The van der Waals surface area contributed by atoms with Gasteiger partial charge < -0.3 is 0 Å². The molecule has 0 heterocycles. The van der Waals surface area contributed by atoms with Gasteiger partial charge in [0.1, 0.15) is 5.82 Å². The molecule has 0 N–H and O–H groups in total. The first-order valence-corrected chi connectivity index (χ1v) is 7.96. The van der Waals surface area contributed by atoms with Gasteiger partial charge in [-0.25, -0.2) is 4.39 Å². The number of halogens is 1. The van der Waals surface area contributed by atoms with E-state index in [2.05, 4.69) is 19.1 Å². The van der Waals surface area contributed by atoms with Crippen molar-refractivity contribution in [3.63, 3.8) is 0 Å². The number of fused-ring (bicyclic) bond motifs is 1. The summed E-state index contributed by atoms with van der Waals surface area (Å²) >= 11 is 0. The van der Waals surface area contributed by atoms with E-state index >= 15 is 0 Å². The smallest absolute Gasteiger partial charge is 0.131 e. The molecule has 2 aromatic rings. The Balaban J connectivity index is 1.78. The van der Waals surface area contributed by atoms with Gasteiger partial charge >= 0.3 is 0 Å². The second-order valence-electron chi connectivity index (χ2n) is 6.23. The Kier molecular flexibility index (Phi) is 4.05. The lowest BCUT2D eigenvalue weighted by molar-refractivity contribution is 0.308. The quantitative estimate of drug-likeness (QED) is 0.636. The van der Waals surface area contributed by atoms with E-state index in [1.54, 1.807) is 6.07 Å². The van der Waals surface area contributed by atoms with Crippen LogP contribution in [0.3, 0.4) is 0 Å². The third-order valence-electron chi connectivity index (χ3n) is 4.87. The van der Waals surface area contributed by atoms with Crippen molar-refractivity contribution in [3.05, 3.63) is 47.8 Å². The van der Waals surface area contributed by atoms with Gasteiger partial charge in [-0.1, -0.05) is 50.1 Å². The van der Waals surface area contributed by atoms with Gasteiger partial charge in [0.25, 0.3) is 0 Å². The molecule has 0 saturated heterocycles. The molecule has 0 spiro atoms. The second kappa shape index (κ2) is 5.95. The molecule has 0 aromatic heterocycles. The van der Waals surface area contributed by atoms with Crippen LogP contribution in [-0.2, 0) is 0 Å². The summed E-state index contributed by atoms with van der Waals surface area (Å²) in [7, 11) is 0. The first-order valence-electron chi connectivity index (χ1n) is 7.96. The van der Waals surface area contributed by atoms with Gasteiger partial charge in [-0.2, -0.15) is 0 Å². The third kappa shape index (κ3) is 2.72. The van der Waals surface area contributed by atoms with Gasteiger partial charge in [-0.05, 0) is 54.5 Å². The minimum Gasteiger partial charge on any atom is -0.206 e. The van der Waals surface area contributed by atoms with Crippen molar-refractivity contribution >= 4 is 10.8 Å². The second-order valence-corrected chi connectivity index (χ2v) is 6.23. The predicted molar refractivity (Wildman–Crippen MR) is 83.5 cm³/mol. The third-order valence-corrected chi connectivity index (χ3v) is 4.87. The Morgan fingerprint density at radius 1 is 1.05 bits per heavy atom. The summed E-state index contributed by atoms with van der Waals surface area (Å²) in [5, 5.41) is 1.79. The maximum atomic E-state index is 13.7. The Labute approximate surface area is 121 Å². The molecule has 0 nitrogen and oxygen atoms in total. The van der Waals surface area contributed by atoms with Gasteiger partial charge in [0.05, 0.1) is 0 Å². The summed E-state index contributed by atoms with van der Waals surface area (Å²) < 4.78 is 13.7. The predicted octanol–water partition coefficient (Wildman–Crippen LogP) is 6.05. The molecular formula is C19H23F.